The summed E-state index contributed by atoms with van der Waals surface area (Å²) in [6.07, 6.45) is 3.56. The van der Waals surface area contributed by atoms with Gasteiger partial charge in [0.1, 0.15) is 0 Å². The van der Waals surface area contributed by atoms with Crippen molar-refractivity contribution in [1.82, 2.24) is 19.6 Å². The van der Waals surface area contributed by atoms with Crippen molar-refractivity contribution in [2.24, 2.45) is 12.0 Å². The van der Waals surface area contributed by atoms with Crippen molar-refractivity contribution in [2.45, 2.75) is 12.4 Å². The van der Waals surface area contributed by atoms with E-state index < -0.39 is 0 Å². The summed E-state index contributed by atoms with van der Waals surface area (Å²) in [5.41, 5.74) is 3.31. The van der Waals surface area contributed by atoms with Crippen molar-refractivity contribution in [1.29, 1.82) is 0 Å². The van der Waals surface area contributed by atoms with Crippen LogP contribution in [0.25, 0.3) is 10.9 Å². The Hall–Kier alpha value is -2.62. The number of likely N-dealkylation sites (tertiary alicyclic amines) is 1. The number of aryl methyl sites for hydroxylation is 1. The smallest absolute Gasteiger partial charge is 0.196 e. The summed E-state index contributed by atoms with van der Waals surface area (Å²) in [7, 11) is 4.04. The zero-order valence-electron chi connectivity index (χ0n) is 17.5. The van der Waals surface area contributed by atoms with Gasteiger partial charge in [-0.05, 0) is 24.3 Å². The number of rotatable bonds is 5. The summed E-state index contributed by atoms with van der Waals surface area (Å²) in [4.78, 5) is 11.3. The van der Waals surface area contributed by atoms with E-state index in [2.05, 4.69) is 50.3 Å². The van der Waals surface area contributed by atoms with Crippen molar-refractivity contribution >= 4 is 28.6 Å². The summed E-state index contributed by atoms with van der Waals surface area (Å²) in [6, 6.07) is 6.36. The number of nitrogens with one attached hydrogen (secondary N) is 1. The van der Waals surface area contributed by atoms with Gasteiger partial charge in [-0.2, -0.15) is 5.10 Å². The average Bonchev–Trinajstić information content (AvgIpc) is 3.06. The van der Waals surface area contributed by atoms with Gasteiger partial charge in [-0.1, -0.05) is 0 Å². The SMILES string of the molecule is CN1C(CN2CC(O)C2)=CC=NC1Nc1ccc2c(c1)c(N1CCOCC1)nn2C. The molecule has 1 atom stereocenters. The van der Waals surface area contributed by atoms with Gasteiger partial charge in [0, 0.05) is 69.8 Å². The lowest BCUT2D eigenvalue weighted by Crippen LogP contribution is -2.53. The molecule has 0 bridgehead atoms. The van der Waals surface area contributed by atoms with Crippen LogP contribution in [0.3, 0.4) is 0 Å². The Kier molecular flexibility index (Phi) is 5.10. The van der Waals surface area contributed by atoms with Crippen molar-refractivity contribution in [3.05, 3.63) is 30.0 Å². The minimum absolute atomic E-state index is 0.169. The quantitative estimate of drug-likeness (QED) is 0.749. The fraction of sp³-hybridized carbons (Fsp3) is 0.524. The third-order valence-corrected chi connectivity index (χ3v) is 6.07. The van der Waals surface area contributed by atoms with E-state index in [4.69, 9.17) is 9.84 Å². The lowest BCUT2D eigenvalue weighted by atomic mass is 10.1. The van der Waals surface area contributed by atoms with E-state index in [0.29, 0.717) is 0 Å². The van der Waals surface area contributed by atoms with E-state index in [0.717, 1.165) is 68.3 Å². The van der Waals surface area contributed by atoms with Crippen LogP contribution >= 0.6 is 0 Å². The lowest BCUT2D eigenvalue weighted by Gasteiger charge is -2.40. The number of aliphatic hydroxyl groups is 1. The molecular weight excluding hydrogens is 382 g/mol. The van der Waals surface area contributed by atoms with E-state index in [-0.39, 0.29) is 12.4 Å². The molecule has 5 rings (SSSR count). The van der Waals surface area contributed by atoms with Crippen molar-refractivity contribution < 1.29 is 9.84 Å². The molecule has 1 aromatic carbocycles. The molecule has 9 heteroatoms. The number of anilines is 2. The minimum Gasteiger partial charge on any atom is -0.390 e. The Balaban J connectivity index is 1.34. The first-order valence-electron chi connectivity index (χ1n) is 10.5. The van der Waals surface area contributed by atoms with E-state index in [1.54, 1.807) is 0 Å². The molecule has 3 aliphatic rings. The normalized spacial score (nSPS) is 23.0. The van der Waals surface area contributed by atoms with Gasteiger partial charge in [0.2, 0.25) is 0 Å². The molecule has 2 aromatic rings. The highest BCUT2D eigenvalue weighted by molar-refractivity contribution is 5.93. The van der Waals surface area contributed by atoms with Gasteiger partial charge in [-0.25, -0.2) is 4.99 Å². The van der Waals surface area contributed by atoms with Crippen LogP contribution in [-0.4, -0.2) is 96.3 Å². The fourth-order valence-corrected chi connectivity index (χ4v) is 4.28. The number of ether oxygens (including phenoxy) is 1. The summed E-state index contributed by atoms with van der Waals surface area (Å²) in [6.45, 7) is 5.49. The first kappa shape index (κ1) is 19.3. The number of fused-ring (bicyclic) bond motifs is 1. The summed E-state index contributed by atoms with van der Waals surface area (Å²) < 4.78 is 7.44. The second-order valence-electron chi connectivity index (χ2n) is 8.21. The number of benzene rings is 1. The zero-order valence-corrected chi connectivity index (χ0v) is 17.5. The lowest BCUT2D eigenvalue weighted by molar-refractivity contribution is 0.00434. The molecule has 2 N–H and O–H groups in total. The Morgan fingerprint density at radius 2 is 2.00 bits per heavy atom. The molecule has 2 saturated heterocycles. The molecule has 1 unspecified atom stereocenters. The van der Waals surface area contributed by atoms with Crippen molar-refractivity contribution in [2.75, 3.05) is 63.2 Å². The van der Waals surface area contributed by atoms with Crippen LogP contribution in [-0.2, 0) is 11.8 Å². The second kappa shape index (κ2) is 7.90. The number of hydrogen-bond donors (Lipinski definition) is 2. The molecule has 30 heavy (non-hydrogen) atoms. The Labute approximate surface area is 176 Å². The van der Waals surface area contributed by atoms with E-state index >= 15 is 0 Å². The van der Waals surface area contributed by atoms with Crippen molar-refractivity contribution in [3.8, 4) is 0 Å². The first-order valence-corrected chi connectivity index (χ1v) is 10.5. The van der Waals surface area contributed by atoms with Crippen LogP contribution in [0.4, 0.5) is 11.5 Å². The molecule has 4 heterocycles. The van der Waals surface area contributed by atoms with Crippen molar-refractivity contribution in [3.63, 3.8) is 0 Å². The monoisotopic (exact) mass is 411 g/mol. The first-order chi connectivity index (χ1) is 14.6. The predicted molar refractivity (Wildman–Crippen MR) is 118 cm³/mol. The molecule has 0 saturated carbocycles. The number of aliphatic hydroxyl groups excluding tert-OH is 1. The molecule has 3 aliphatic heterocycles. The Morgan fingerprint density at radius 1 is 1.20 bits per heavy atom. The van der Waals surface area contributed by atoms with Gasteiger partial charge in [0.25, 0.3) is 0 Å². The second-order valence-corrected chi connectivity index (χ2v) is 8.21. The molecule has 160 valence electrons. The number of aromatic nitrogens is 2. The van der Waals surface area contributed by atoms with Crippen LogP contribution < -0.4 is 10.2 Å². The van der Waals surface area contributed by atoms with Crippen LogP contribution in [0.15, 0.2) is 35.0 Å². The zero-order chi connectivity index (χ0) is 20.7. The third kappa shape index (κ3) is 3.64. The largest absolute Gasteiger partial charge is 0.390 e. The summed E-state index contributed by atoms with van der Waals surface area (Å²) in [5, 5.41) is 19.0. The molecule has 0 spiro atoms. The fourth-order valence-electron chi connectivity index (χ4n) is 4.28. The highest BCUT2D eigenvalue weighted by atomic mass is 16.5. The molecule has 2 fully saturated rings. The minimum atomic E-state index is -0.186. The maximum Gasteiger partial charge on any atom is 0.196 e. The third-order valence-electron chi connectivity index (χ3n) is 6.07. The van der Waals surface area contributed by atoms with Crippen LogP contribution in [0.2, 0.25) is 0 Å². The molecule has 0 amide bonds. The number of allylic oxidation sites excluding steroid dienone is 1. The number of likely N-dealkylation sites (N-methyl/N-ethyl adjacent to an activating group) is 1. The van der Waals surface area contributed by atoms with Gasteiger partial charge < -0.3 is 25.0 Å². The number of hydrogen-bond acceptors (Lipinski definition) is 8. The number of nitrogens with zero attached hydrogens (tertiary/aromatic N) is 6. The van der Waals surface area contributed by atoms with E-state index in [9.17, 15) is 5.11 Å². The van der Waals surface area contributed by atoms with Crippen LogP contribution in [0.1, 0.15) is 0 Å². The van der Waals surface area contributed by atoms with E-state index in [1.807, 2.05) is 24.0 Å². The number of aliphatic imine (C=N–C) groups is 1. The van der Waals surface area contributed by atoms with Crippen LogP contribution in [0, 0.1) is 0 Å². The van der Waals surface area contributed by atoms with Crippen LogP contribution in [0.5, 0.6) is 0 Å². The molecular formula is C21H29N7O2. The Bertz CT molecular complexity index is 973. The maximum atomic E-state index is 9.53. The highest BCUT2D eigenvalue weighted by Crippen LogP contribution is 2.30. The summed E-state index contributed by atoms with van der Waals surface area (Å²) >= 11 is 0. The molecule has 0 radical (unpaired) electrons. The maximum absolute atomic E-state index is 9.53. The van der Waals surface area contributed by atoms with E-state index in [1.165, 1.54) is 5.70 Å². The standard InChI is InChI=1S/C21H29N7O2/c1-25-16(12-27-13-17(29)14-27)5-6-22-21(25)23-15-3-4-19-18(11-15)20(24-26(19)2)28-7-9-30-10-8-28/h3-6,11,17,21,23,29H,7-10,12-14H2,1-2H3. The molecule has 9 nitrogen and oxygen atoms in total. The van der Waals surface area contributed by atoms with Gasteiger partial charge in [-0.15, -0.1) is 0 Å². The van der Waals surface area contributed by atoms with Gasteiger partial charge in [0.05, 0.1) is 24.8 Å². The van der Waals surface area contributed by atoms with Gasteiger partial charge in [0.15, 0.2) is 12.1 Å². The topological polar surface area (TPSA) is 81.4 Å². The highest BCUT2D eigenvalue weighted by Gasteiger charge is 2.28. The average molecular weight is 412 g/mol. The summed E-state index contributed by atoms with van der Waals surface area (Å²) in [5.74, 6) is 1.01. The Morgan fingerprint density at radius 3 is 2.77 bits per heavy atom. The van der Waals surface area contributed by atoms with Gasteiger partial charge in [-0.3, -0.25) is 9.58 Å². The molecule has 1 aromatic heterocycles. The predicted octanol–water partition coefficient (Wildman–Crippen LogP) is 0.682. The molecule has 0 aliphatic carbocycles. The van der Waals surface area contributed by atoms with Gasteiger partial charge >= 0.3 is 0 Å². The number of β-amino-alcohol motifs (C(OH)–C–C–N with tert-alkyl or cyclic N) is 1. The number of morpholine rings is 1.